The van der Waals surface area contributed by atoms with E-state index in [0.717, 1.165) is 44.1 Å². The zero-order valence-corrected chi connectivity index (χ0v) is 16.7. The number of anilines is 1. The molecule has 1 amide bonds. The number of amides is 1. The van der Waals surface area contributed by atoms with Crippen LogP contribution >= 0.6 is 0 Å². The highest BCUT2D eigenvalue weighted by Crippen LogP contribution is 2.26. The van der Waals surface area contributed by atoms with Crippen molar-refractivity contribution < 1.29 is 4.79 Å². The predicted molar refractivity (Wildman–Crippen MR) is 112 cm³/mol. The molecule has 0 atom stereocenters. The van der Waals surface area contributed by atoms with E-state index >= 15 is 0 Å². The van der Waals surface area contributed by atoms with E-state index in [1.54, 1.807) is 19.1 Å². The largest absolute Gasteiger partial charge is 0.330 e. The van der Waals surface area contributed by atoms with E-state index in [-0.39, 0.29) is 28.7 Å². The van der Waals surface area contributed by atoms with Crippen molar-refractivity contribution in [2.75, 3.05) is 5.32 Å². The molecule has 0 saturated heterocycles. The van der Waals surface area contributed by atoms with E-state index in [0.29, 0.717) is 23.1 Å². The van der Waals surface area contributed by atoms with Crippen molar-refractivity contribution in [2.45, 2.75) is 64.8 Å². The number of fused-ring (bicyclic) bond motifs is 2. The molecular formula is C21H25N5O3. The second-order valence-corrected chi connectivity index (χ2v) is 7.73. The maximum Gasteiger partial charge on any atom is 0.330 e. The zero-order valence-electron chi connectivity index (χ0n) is 16.7. The molecule has 2 N–H and O–H groups in total. The van der Waals surface area contributed by atoms with Crippen LogP contribution in [-0.2, 0) is 4.79 Å². The molecule has 1 aromatic carbocycles. The minimum absolute atomic E-state index is 0.0935. The first kappa shape index (κ1) is 19.3. The Morgan fingerprint density at radius 1 is 1.14 bits per heavy atom. The average Bonchev–Trinajstić information content (AvgIpc) is 2.97. The van der Waals surface area contributed by atoms with Crippen molar-refractivity contribution in [1.29, 1.82) is 0 Å². The van der Waals surface area contributed by atoms with Gasteiger partial charge in [0.25, 0.3) is 5.56 Å². The molecule has 0 unspecified atom stereocenters. The van der Waals surface area contributed by atoms with Gasteiger partial charge >= 0.3 is 5.69 Å². The van der Waals surface area contributed by atoms with Crippen LogP contribution in [0.1, 0.15) is 63.5 Å². The lowest BCUT2D eigenvalue weighted by Gasteiger charge is -2.16. The number of carbonyl (C=O) groups is 1. The summed E-state index contributed by atoms with van der Waals surface area (Å²) in [7, 11) is 0. The summed E-state index contributed by atoms with van der Waals surface area (Å²) in [4.78, 5) is 49.3. The fourth-order valence-corrected chi connectivity index (χ4v) is 4.03. The molecule has 2 aromatic heterocycles. The number of hydrogen-bond acceptors (Lipinski definition) is 5. The second-order valence-electron chi connectivity index (χ2n) is 7.73. The van der Waals surface area contributed by atoms with Crippen LogP contribution in [-0.4, -0.2) is 25.4 Å². The lowest BCUT2D eigenvalue weighted by molar-refractivity contribution is -0.115. The molecule has 29 heavy (non-hydrogen) atoms. The van der Waals surface area contributed by atoms with Gasteiger partial charge in [0.1, 0.15) is 0 Å². The van der Waals surface area contributed by atoms with Crippen molar-refractivity contribution in [3.05, 3.63) is 38.5 Å². The molecule has 0 spiro atoms. The van der Waals surface area contributed by atoms with E-state index in [4.69, 9.17) is 0 Å². The third kappa shape index (κ3) is 3.66. The number of H-pyrrole nitrogens is 1. The lowest BCUT2D eigenvalue weighted by Crippen LogP contribution is -2.38. The highest BCUT2D eigenvalue weighted by molar-refractivity contribution is 5.95. The van der Waals surface area contributed by atoms with E-state index in [2.05, 4.69) is 20.3 Å². The molecule has 4 rings (SSSR count). The molecule has 152 valence electrons. The molecule has 8 nitrogen and oxygen atoms in total. The Hall–Kier alpha value is -3.03. The quantitative estimate of drug-likeness (QED) is 0.523. The average molecular weight is 395 g/mol. The number of rotatable bonds is 3. The molecule has 3 aromatic rings. The molecule has 0 radical (unpaired) electrons. The molecule has 1 aliphatic carbocycles. The molecule has 1 fully saturated rings. The number of nitrogens with zero attached hydrogens (tertiary/aromatic N) is 3. The van der Waals surface area contributed by atoms with Gasteiger partial charge in [-0.2, -0.15) is 0 Å². The summed E-state index contributed by atoms with van der Waals surface area (Å²) in [5, 5.41) is 2.84. The second kappa shape index (κ2) is 7.77. The predicted octanol–water partition coefficient (Wildman–Crippen LogP) is 3.19. The monoisotopic (exact) mass is 395 g/mol. The fraction of sp³-hybridized carbons (Fsp3) is 0.476. The van der Waals surface area contributed by atoms with Crippen molar-refractivity contribution >= 4 is 33.8 Å². The summed E-state index contributed by atoms with van der Waals surface area (Å²) in [5.41, 5.74) is 2.08. The maximum atomic E-state index is 13.1. The Bertz CT molecular complexity index is 1200. The summed E-state index contributed by atoms with van der Waals surface area (Å²) in [6.07, 6.45) is 6.33. The molecular weight excluding hydrogens is 370 g/mol. The van der Waals surface area contributed by atoms with Crippen LogP contribution in [0.5, 0.6) is 0 Å². The summed E-state index contributed by atoms with van der Waals surface area (Å²) in [5.74, 6) is -0.0964. The van der Waals surface area contributed by atoms with Crippen molar-refractivity contribution in [1.82, 2.24) is 19.5 Å². The number of aromatic nitrogens is 4. The van der Waals surface area contributed by atoms with Crippen LogP contribution in [0.15, 0.2) is 21.7 Å². The topological polar surface area (TPSA) is 110 Å². The van der Waals surface area contributed by atoms with Gasteiger partial charge < -0.3 is 5.32 Å². The van der Waals surface area contributed by atoms with Crippen LogP contribution in [0, 0.1) is 6.92 Å². The number of aryl methyl sites for hydroxylation is 1. The van der Waals surface area contributed by atoms with E-state index in [1.165, 1.54) is 4.57 Å². The smallest absolute Gasteiger partial charge is 0.326 e. The lowest BCUT2D eigenvalue weighted by atomic mass is 10.1. The first-order valence-corrected chi connectivity index (χ1v) is 10.2. The SMILES string of the molecule is CCC(=O)Nc1cc2nc3[nH]c(=O)n(C4CCCCCC4)c(=O)c3nc2cc1C. The van der Waals surface area contributed by atoms with Crippen LogP contribution in [0.2, 0.25) is 0 Å². The van der Waals surface area contributed by atoms with Gasteiger partial charge in [0, 0.05) is 18.2 Å². The maximum absolute atomic E-state index is 13.1. The molecule has 0 aliphatic heterocycles. The van der Waals surface area contributed by atoms with Gasteiger partial charge in [-0.05, 0) is 37.5 Å². The molecule has 8 heteroatoms. The van der Waals surface area contributed by atoms with Crippen molar-refractivity contribution in [3.8, 4) is 0 Å². The number of aromatic amines is 1. The Morgan fingerprint density at radius 3 is 2.52 bits per heavy atom. The molecule has 2 heterocycles. The number of benzene rings is 1. The standard InChI is InChI=1S/C21H25N5O3/c1-3-17(27)22-14-11-16-15(10-12(14)2)23-18-19(24-16)25-21(29)26(20(18)28)13-8-6-4-5-7-9-13/h10-11,13H,3-9H2,1-2H3,(H,22,27)(H,24,25,29). The summed E-state index contributed by atoms with van der Waals surface area (Å²) in [6, 6.07) is 3.43. The molecule has 1 saturated carbocycles. The van der Waals surface area contributed by atoms with Gasteiger partial charge in [-0.1, -0.05) is 32.6 Å². The van der Waals surface area contributed by atoms with Crippen molar-refractivity contribution in [3.63, 3.8) is 0 Å². The summed E-state index contributed by atoms with van der Waals surface area (Å²) < 4.78 is 1.33. The van der Waals surface area contributed by atoms with Crippen LogP contribution in [0.25, 0.3) is 22.2 Å². The third-order valence-corrected chi connectivity index (χ3v) is 5.66. The van der Waals surface area contributed by atoms with E-state index in [9.17, 15) is 14.4 Å². The first-order chi connectivity index (χ1) is 14.0. The fourth-order valence-electron chi connectivity index (χ4n) is 4.03. The first-order valence-electron chi connectivity index (χ1n) is 10.2. The third-order valence-electron chi connectivity index (χ3n) is 5.66. The summed E-state index contributed by atoms with van der Waals surface area (Å²) in [6.45, 7) is 3.65. The van der Waals surface area contributed by atoms with Gasteiger partial charge in [0.05, 0.1) is 11.0 Å². The zero-order chi connectivity index (χ0) is 20.5. The van der Waals surface area contributed by atoms with Crippen LogP contribution in [0.4, 0.5) is 5.69 Å². The Kier molecular flexibility index (Phi) is 5.17. The highest BCUT2D eigenvalue weighted by Gasteiger charge is 2.20. The Labute approximate surface area is 167 Å². The Morgan fingerprint density at radius 2 is 1.83 bits per heavy atom. The number of carbonyl (C=O) groups excluding carboxylic acids is 1. The number of nitrogens with one attached hydrogen (secondary N) is 2. The van der Waals surface area contributed by atoms with E-state index < -0.39 is 5.69 Å². The minimum Gasteiger partial charge on any atom is -0.326 e. The minimum atomic E-state index is -0.435. The van der Waals surface area contributed by atoms with Gasteiger partial charge in [-0.25, -0.2) is 14.8 Å². The van der Waals surface area contributed by atoms with Gasteiger partial charge in [0.15, 0.2) is 11.2 Å². The van der Waals surface area contributed by atoms with Crippen LogP contribution < -0.4 is 16.6 Å². The normalized spacial score (nSPS) is 15.5. The van der Waals surface area contributed by atoms with Crippen molar-refractivity contribution in [2.24, 2.45) is 0 Å². The Balaban J connectivity index is 1.87. The molecule has 1 aliphatic rings. The van der Waals surface area contributed by atoms with Gasteiger partial charge in [0.2, 0.25) is 5.91 Å². The van der Waals surface area contributed by atoms with Gasteiger partial charge in [-0.3, -0.25) is 19.1 Å². The van der Waals surface area contributed by atoms with Crippen LogP contribution in [0.3, 0.4) is 0 Å². The molecule has 0 bridgehead atoms. The summed E-state index contributed by atoms with van der Waals surface area (Å²) >= 11 is 0. The van der Waals surface area contributed by atoms with E-state index in [1.807, 2.05) is 6.92 Å². The van der Waals surface area contributed by atoms with Gasteiger partial charge in [-0.15, -0.1) is 0 Å². The highest BCUT2D eigenvalue weighted by atomic mass is 16.2. The number of hydrogen-bond donors (Lipinski definition) is 2.